The minimum absolute atomic E-state index is 0.423. The Hall–Kier alpha value is -1.84. The third-order valence-electron chi connectivity index (χ3n) is 2.18. The Morgan fingerprint density at radius 3 is 2.40 bits per heavy atom. The van der Waals surface area contributed by atoms with E-state index in [-0.39, 0.29) is 0 Å². The normalized spacial score (nSPS) is 9.73. The van der Waals surface area contributed by atoms with Gasteiger partial charge in [0, 0.05) is 12.2 Å². The van der Waals surface area contributed by atoms with Crippen molar-refractivity contribution >= 4 is 17.5 Å². The second kappa shape index (κ2) is 4.59. The molecule has 1 aromatic rings. The summed E-state index contributed by atoms with van der Waals surface area (Å²) in [7, 11) is 0. The van der Waals surface area contributed by atoms with Gasteiger partial charge in [0.05, 0.1) is 0 Å². The maximum absolute atomic E-state index is 11.5. The van der Waals surface area contributed by atoms with Crippen molar-refractivity contribution in [2.24, 2.45) is 5.73 Å². The average molecular weight is 206 g/mol. The Bertz CT molecular complexity index is 388. The molecule has 0 spiro atoms. The first-order chi connectivity index (χ1) is 7.07. The third kappa shape index (κ3) is 2.34. The number of primary amides is 1. The van der Waals surface area contributed by atoms with Crippen LogP contribution in [0.5, 0.6) is 0 Å². The number of para-hydroxylation sites is 1. The smallest absolute Gasteiger partial charge is 0.316 e. The lowest BCUT2D eigenvalue weighted by Gasteiger charge is -2.20. The summed E-state index contributed by atoms with van der Waals surface area (Å²) in [6.07, 6.45) is 0. The van der Waals surface area contributed by atoms with Crippen molar-refractivity contribution in [1.82, 2.24) is 0 Å². The van der Waals surface area contributed by atoms with Crippen molar-refractivity contribution in [3.63, 3.8) is 0 Å². The van der Waals surface area contributed by atoms with Crippen LogP contribution in [0.3, 0.4) is 0 Å². The van der Waals surface area contributed by atoms with Gasteiger partial charge in [-0.15, -0.1) is 0 Å². The molecule has 0 saturated heterocycles. The summed E-state index contributed by atoms with van der Waals surface area (Å²) in [5.41, 5.74) is 6.63. The maximum atomic E-state index is 11.5. The average Bonchev–Trinajstić information content (AvgIpc) is 2.21. The van der Waals surface area contributed by atoms with Gasteiger partial charge in [0.1, 0.15) is 0 Å². The number of aryl methyl sites for hydroxylation is 1. The first-order valence-electron chi connectivity index (χ1n) is 4.74. The van der Waals surface area contributed by atoms with Gasteiger partial charge >= 0.3 is 11.8 Å². The lowest BCUT2D eigenvalue weighted by Crippen LogP contribution is -2.40. The highest BCUT2D eigenvalue weighted by Crippen LogP contribution is 2.18. The van der Waals surface area contributed by atoms with Crippen molar-refractivity contribution in [2.45, 2.75) is 13.8 Å². The van der Waals surface area contributed by atoms with E-state index in [1.54, 1.807) is 13.0 Å². The largest absolute Gasteiger partial charge is 0.361 e. The van der Waals surface area contributed by atoms with Crippen LogP contribution in [0.1, 0.15) is 12.5 Å². The summed E-state index contributed by atoms with van der Waals surface area (Å²) in [5.74, 6) is -1.60. The van der Waals surface area contributed by atoms with E-state index in [4.69, 9.17) is 5.73 Å². The number of carbonyl (C=O) groups excluding carboxylic acids is 2. The van der Waals surface area contributed by atoms with Gasteiger partial charge in [0.2, 0.25) is 0 Å². The summed E-state index contributed by atoms with van der Waals surface area (Å²) in [6, 6.07) is 7.37. The monoisotopic (exact) mass is 206 g/mol. The van der Waals surface area contributed by atoms with Gasteiger partial charge in [-0.05, 0) is 25.5 Å². The summed E-state index contributed by atoms with van der Waals surface area (Å²) in [6.45, 7) is 4.10. The molecule has 0 aliphatic rings. The molecule has 2 amide bonds. The fourth-order valence-corrected chi connectivity index (χ4v) is 1.42. The predicted molar refractivity (Wildman–Crippen MR) is 58.4 cm³/mol. The van der Waals surface area contributed by atoms with E-state index in [2.05, 4.69) is 0 Å². The minimum atomic E-state index is -0.930. The second-order valence-electron chi connectivity index (χ2n) is 3.20. The number of rotatable bonds is 2. The molecule has 1 rings (SSSR count). The van der Waals surface area contributed by atoms with Crippen LogP contribution in [0.15, 0.2) is 24.3 Å². The molecule has 0 radical (unpaired) electrons. The highest BCUT2D eigenvalue weighted by molar-refractivity contribution is 6.39. The van der Waals surface area contributed by atoms with E-state index in [1.165, 1.54) is 4.90 Å². The predicted octanol–water partition coefficient (Wildman–Crippen LogP) is 0.833. The lowest BCUT2D eigenvalue weighted by atomic mass is 10.2. The maximum Gasteiger partial charge on any atom is 0.316 e. The quantitative estimate of drug-likeness (QED) is 0.728. The number of amides is 2. The molecule has 0 aliphatic heterocycles. The van der Waals surface area contributed by atoms with Crippen LogP contribution in [-0.2, 0) is 9.59 Å². The standard InChI is InChI=1S/C11H14N2O2/c1-3-13(11(15)10(12)14)9-7-5-4-6-8(9)2/h4-7H,3H2,1-2H3,(H2,12,14). The van der Waals surface area contributed by atoms with Gasteiger partial charge in [0.25, 0.3) is 0 Å². The Morgan fingerprint density at radius 2 is 1.93 bits per heavy atom. The van der Waals surface area contributed by atoms with Crippen LogP contribution >= 0.6 is 0 Å². The van der Waals surface area contributed by atoms with Gasteiger partial charge in [0.15, 0.2) is 0 Å². The Morgan fingerprint density at radius 1 is 1.33 bits per heavy atom. The van der Waals surface area contributed by atoms with E-state index >= 15 is 0 Å². The van der Waals surface area contributed by atoms with E-state index in [9.17, 15) is 9.59 Å². The van der Waals surface area contributed by atoms with Crippen LogP contribution in [0, 0.1) is 6.92 Å². The third-order valence-corrected chi connectivity index (χ3v) is 2.18. The molecule has 80 valence electrons. The summed E-state index contributed by atoms with van der Waals surface area (Å²) < 4.78 is 0. The fourth-order valence-electron chi connectivity index (χ4n) is 1.42. The molecular formula is C11H14N2O2. The van der Waals surface area contributed by atoms with Gasteiger partial charge in [-0.2, -0.15) is 0 Å². The van der Waals surface area contributed by atoms with Gasteiger partial charge in [-0.3, -0.25) is 9.59 Å². The molecular weight excluding hydrogens is 192 g/mol. The number of nitrogens with two attached hydrogens (primary N) is 1. The Balaban J connectivity index is 3.08. The van der Waals surface area contributed by atoms with Crippen molar-refractivity contribution in [2.75, 3.05) is 11.4 Å². The number of anilines is 1. The molecule has 2 N–H and O–H groups in total. The molecule has 15 heavy (non-hydrogen) atoms. The highest BCUT2D eigenvalue weighted by atomic mass is 16.2. The van der Waals surface area contributed by atoms with Crippen molar-refractivity contribution in [3.8, 4) is 0 Å². The molecule has 0 unspecified atom stereocenters. The SMILES string of the molecule is CCN(C(=O)C(N)=O)c1ccccc1C. The first kappa shape index (κ1) is 11.2. The topological polar surface area (TPSA) is 63.4 Å². The molecule has 0 fully saturated rings. The van der Waals surface area contributed by atoms with Crippen LogP contribution in [0.25, 0.3) is 0 Å². The van der Waals surface area contributed by atoms with Gasteiger partial charge in [-0.25, -0.2) is 0 Å². The van der Waals surface area contributed by atoms with Crippen LogP contribution in [0.4, 0.5) is 5.69 Å². The van der Waals surface area contributed by atoms with E-state index < -0.39 is 11.8 Å². The number of benzene rings is 1. The zero-order valence-corrected chi connectivity index (χ0v) is 8.86. The summed E-state index contributed by atoms with van der Waals surface area (Å²) >= 11 is 0. The number of nitrogens with zero attached hydrogens (tertiary/aromatic N) is 1. The Kier molecular flexibility index (Phi) is 3.44. The molecule has 4 heteroatoms. The number of likely N-dealkylation sites (N-methyl/N-ethyl adjacent to an activating group) is 1. The second-order valence-corrected chi connectivity index (χ2v) is 3.20. The Labute approximate surface area is 88.7 Å². The van der Waals surface area contributed by atoms with Crippen LogP contribution in [0.2, 0.25) is 0 Å². The van der Waals surface area contributed by atoms with E-state index in [1.807, 2.05) is 25.1 Å². The number of hydrogen-bond donors (Lipinski definition) is 1. The van der Waals surface area contributed by atoms with Crippen molar-refractivity contribution < 1.29 is 9.59 Å². The van der Waals surface area contributed by atoms with Crippen LogP contribution in [-0.4, -0.2) is 18.4 Å². The number of hydrogen-bond acceptors (Lipinski definition) is 2. The summed E-state index contributed by atoms with van der Waals surface area (Å²) in [4.78, 5) is 23.7. The zero-order valence-electron chi connectivity index (χ0n) is 8.86. The number of carbonyl (C=O) groups is 2. The molecule has 0 aliphatic carbocycles. The molecule has 0 heterocycles. The fraction of sp³-hybridized carbons (Fsp3) is 0.273. The summed E-state index contributed by atoms with van der Waals surface area (Å²) in [5, 5.41) is 0. The molecule has 0 aromatic heterocycles. The van der Waals surface area contributed by atoms with E-state index in [0.717, 1.165) is 11.3 Å². The van der Waals surface area contributed by atoms with Crippen molar-refractivity contribution in [3.05, 3.63) is 29.8 Å². The molecule has 1 aromatic carbocycles. The molecule has 4 nitrogen and oxygen atoms in total. The van der Waals surface area contributed by atoms with Crippen molar-refractivity contribution in [1.29, 1.82) is 0 Å². The van der Waals surface area contributed by atoms with Gasteiger partial charge in [-0.1, -0.05) is 18.2 Å². The highest BCUT2D eigenvalue weighted by Gasteiger charge is 2.19. The molecule has 0 bridgehead atoms. The molecule has 0 atom stereocenters. The van der Waals surface area contributed by atoms with Crippen LogP contribution < -0.4 is 10.6 Å². The first-order valence-corrected chi connectivity index (χ1v) is 4.74. The van der Waals surface area contributed by atoms with E-state index in [0.29, 0.717) is 6.54 Å². The minimum Gasteiger partial charge on any atom is -0.361 e. The van der Waals surface area contributed by atoms with Gasteiger partial charge < -0.3 is 10.6 Å². The molecule has 0 saturated carbocycles. The zero-order chi connectivity index (χ0) is 11.4. The lowest BCUT2D eigenvalue weighted by molar-refractivity contribution is -0.135.